The summed E-state index contributed by atoms with van der Waals surface area (Å²) in [5.41, 5.74) is 0.691. The maximum Gasteiger partial charge on any atom is 0.194 e. The monoisotopic (exact) mass is 427 g/mol. The number of para-hydroxylation sites is 1. The molecule has 1 aromatic heterocycles. The number of nitrogens with zero attached hydrogens (tertiary/aromatic N) is 6. The molecule has 0 atom stereocenters. The van der Waals surface area contributed by atoms with Crippen molar-refractivity contribution in [1.29, 1.82) is 0 Å². The maximum atomic E-state index is 14.1. The van der Waals surface area contributed by atoms with Crippen molar-refractivity contribution in [1.82, 2.24) is 25.0 Å². The topological polar surface area (TPSA) is 61.6 Å². The summed E-state index contributed by atoms with van der Waals surface area (Å²) < 4.78 is 16.4. The SMILES string of the molecule is CCNC(=NCCCc1nnc2n1CCCCC2)N1CCN(c2ccccc2F)CC1. The molecule has 8 heteroatoms. The van der Waals surface area contributed by atoms with Crippen LogP contribution in [0.15, 0.2) is 29.3 Å². The highest BCUT2D eigenvalue weighted by atomic mass is 19.1. The average Bonchev–Trinajstić information content (AvgIpc) is 3.02. The van der Waals surface area contributed by atoms with E-state index >= 15 is 0 Å². The van der Waals surface area contributed by atoms with Gasteiger partial charge in [-0.2, -0.15) is 0 Å². The van der Waals surface area contributed by atoms with E-state index in [0.717, 1.165) is 82.7 Å². The molecule has 2 aromatic rings. The summed E-state index contributed by atoms with van der Waals surface area (Å²) in [4.78, 5) is 9.26. The van der Waals surface area contributed by atoms with Crippen molar-refractivity contribution >= 4 is 11.6 Å². The van der Waals surface area contributed by atoms with E-state index in [-0.39, 0.29) is 5.82 Å². The van der Waals surface area contributed by atoms with Gasteiger partial charge in [-0.25, -0.2) is 4.39 Å². The van der Waals surface area contributed by atoms with Crippen molar-refractivity contribution in [3.63, 3.8) is 0 Å². The molecule has 2 aliphatic rings. The van der Waals surface area contributed by atoms with Crippen molar-refractivity contribution in [2.75, 3.05) is 44.2 Å². The molecule has 1 N–H and O–H groups in total. The van der Waals surface area contributed by atoms with Crippen molar-refractivity contribution < 1.29 is 4.39 Å². The summed E-state index contributed by atoms with van der Waals surface area (Å²) in [6, 6.07) is 7.02. The number of anilines is 1. The van der Waals surface area contributed by atoms with Gasteiger partial charge in [-0.15, -0.1) is 10.2 Å². The van der Waals surface area contributed by atoms with Crippen LogP contribution in [0, 0.1) is 5.82 Å². The Balaban J connectivity index is 1.30. The first-order valence-electron chi connectivity index (χ1n) is 11.7. The summed E-state index contributed by atoms with van der Waals surface area (Å²) in [5.74, 6) is 3.06. The first-order chi connectivity index (χ1) is 15.3. The molecule has 3 heterocycles. The minimum absolute atomic E-state index is 0.150. The molecule has 0 spiro atoms. The van der Waals surface area contributed by atoms with Crippen LogP contribution < -0.4 is 10.2 Å². The number of nitrogens with one attached hydrogen (secondary N) is 1. The summed E-state index contributed by atoms with van der Waals surface area (Å²) in [5, 5.41) is 12.2. The molecule has 1 saturated heterocycles. The zero-order chi connectivity index (χ0) is 21.5. The number of aliphatic imine (C=N–C) groups is 1. The number of rotatable bonds is 6. The summed E-state index contributed by atoms with van der Waals surface area (Å²) in [6.45, 7) is 7.98. The standard InChI is InChI=1S/C23H34FN7/c1-2-25-23(30-17-15-29(16-18-30)20-10-6-5-9-19(20)24)26-13-8-12-22-28-27-21-11-4-3-7-14-31(21)22/h5-6,9-10H,2-4,7-8,11-18H2,1H3,(H,25,26). The molecule has 4 rings (SSSR count). The number of aryl methyl sites for hydroxylation is 2. The van der Waals surface area contributed by atoms with Gasteiger partial charge in [0.15, 0.2) is 5.96 Å². The van der Waals surface area contributed by atoms with Gasteiger partial charge in [0.25, 0.3) is 0 Å². The van der Waals surface area contributed by atoms with E-state index in [1.807, 2.05) is 12.1 Å². The summed E-state index contributed by atoms with van der Waals surface area (Å²) in [7, 11) is 0. The molecule has 31 heavy (non-hydrogen) atoms. The van der Waals surface area contributed by atoms with Crippen molar-refractivity contribution in [3.8, 4) is 0 Å². The molecule has 0 saturated carbocycles. The number of hydrogen-bond donors (Lipinski definition) is 1. The Morgan fingerprint density at radius 3 is 2.71 bits per heavy atom. The van der Waals surface area contributed by atoms with Gasteiger partial charge in [-0.3, -0.25) is 4.99 Å². The molecule has 1 fully saturated rings. The number of hydrogen-bond acceptors (Lipinski definition) is 4. The Labute approximate surface area is 184 Å². The lowest BCUT2D eigenvalue weighted by Gasteiger charge is -2.37. The highest BCUT2D eigenvalue weighted by molar-refractivity contribution is 5.80. The first-order valence-corrected chi connectivity index (χ1v) is 11.7. The number of benzene rings is 1. The van der Waals surface area contributed by atoms with Gasteiger partial charge in [0, 0.05) is 58.7 Å². The van der Waals surface area contributed by atoms with Gasteiger partial charge in [-0.1, -0.05) is 18.6 Å². The minimum atomic E-state index is -0.150. The van der Waals surface area contributed by atoms with Crippen LogP contribution in [0.4, 0.5) is 10.1 Å². The lowest BCUT2D eigenvalue weighted by Crippen LogP contribution is -2.52. The first kappa shape index (κ1) is 21.6. The van der Waals surface area contributed by atoms with Crippen molar-refractivity contribution in [3.05, 3.63) is 41.7 Å². The number of halogens is 1. The zero-order valence-electron chi connectivity index (χ0n) is 18.6. The van der Waals surface area contributed by atoms with Crippen LogP contribution in [-0.4, -0.2) is 64.9 Å². The van der Waals surface area contributed by atoms with Crippen molar-refractivity contribution in [2.24, 2.45) is 4.99 Å². The number of guanidine groups is 1. The van der Waals surface area contributed by atoms with E-state index in [1.165, 1.54) is 25.3 Å². The van der Waals surface area contributed by atoms with E-state index in [0.29, 0.717) is 5.69 Å². The second kappa shape index (κ2) is 10.6. The fourth-order valence-corrected chi connectivity index (χ4v) is 4.45. The highest BCUT2D eigenvalue weighted by Crippen LogP contribution is 2.20. The largest absolute Gasteiger partial charge is 0.366 e. The van der Waals surface area contributed by atoms with Gasteiger partial charge in [0.1, 0.15) is 17.5 Å². The normalized spacial score (nSPS) is 17.4. The zero-order valence-corrected chi connectivity index (χ0v) is 18.6. The lowest BCUT2D eigenvalue weighted by atomic mass is 10.2. The second-order valence-corrected chi connectivity index (χ2v) is 8.26. The third kappa shape index (κ3) is 5.35. The third-order valence-electron chi connectivity index (χ3n) is 6.11. The molecule has 1 aromatic carbocycles. The van der Waals surface area contributed by atoms with Crippen LogP contribution in [0.3, 0.4) is 0 Å². The Morgan fingerprint density at radius 2 is 1.90 bits per heavy atom. The molecular formula is C23H34FN7. The lowest BCUT2D eigenvalue weighted by molar-refractivity contribution is 0.370. The molecule has 0 unspecified atom stereocenters. The fraction of sp³-hybridized carbons (Fsp3) is 0.609. The van der Waals surface area contributed by atoms with Crippen LogP contribution in [0.1, 0.15) is 44.3 Å². The molecule has 168 valence electrons. The van der Waals surface area contributed by atoms with Crippen molar-refractivity contribution in [2.45, 2.75) is 52.0 Å². The molecule has 0 amide bonds. The smallest absolute Gasteiger partial charge is 0.194 e. The van der Waals surface area contributed by atoms with Crippen LogP contribution in [0.5, 0.6) is 0 Å². The Morgan fingerprint density at radius 1 is 1.06 bits per heavy atom. The van der Waals surface area contributed by atoms with Crippen LogP contribution >= 0.6 is 0 Å². The maximum absolute atomic E-state index is 14.1. The fourth-order valence-electron chi connectivity index (χ4n) is 4.45. The molecule has 7 nitrogen and oxygen atoms in total. The second-order valence-electron chi connectivity index (χ2n) is 8.26. The Bertz CT molecular complexity index is 871. The van der Waals surface area contributed by atoms with Gasteiger partial charge < -0.3 is 19.7 Å². The predicted molar refractivity (Wildman–Crippen MR) is 122 cm³/mol. The molecule has 0 bridgehead atoms. The van der Waals surface area contributed by atoms with Crippen LogP contribution in [0.2, 0.25) is 0 Å². The number of piperazine rings is 1. The third-order valence-corrected chi connectivity index (χ3v) is 6.11. The van der Waals surface area contributed by atoms with Crippen LogP contribution in [0.25, 0.3) is 0 Å². The quantitative estimate of drug-likeness (QED) is 0.436. The van der Waals surface area contributed by atoms with Gasteiger partial charge >= 0.3 is 0 Å². The van der Waals surface area contributed by atoms with Crippen LogP contribution in [-0.2, 0) is 19.4 Å². The number of fused-ring (bicyclic) bond motifs is 1. The van der Waals surface area contributed by atoms with Gasteiger partial charge in [0.2, 0.25) is 0 Å². The molecular weight excluding hydrogens is 393 g/mol. The van der Waals surface area contributed by atoms with E-state index in [9.17, 15) is 4.39 Å². The molecule has 2 aliphatic heterocycles. The molecule has 0 aliphatic carbocycles. The van der Waals surface area contributed by atoms with E-state index in [4.69, 9.17) is 4.99 Å². The van der Waals surface area contributed by atoms with Gasteiger partial charge in [-0.05, 0) is 38.3 Å². The summed E-state index contributed by atoms with van der Waals surface area (Å²) in [6.07, 6.45) is 6.65. The van der Waals surface area contributed by atoms with E-state index in [1.54, 1.807) is 6.07 Å². The minimum Gasteiger partial charge on any atom is -0.366 e. The summed E-state index contributed by atoms with van der Waals surface area (Å²) >= 11 is 0. The Kier molecular flexibility index (Phi) is 7.38. The average molecular weight is 428 g/mol. The van der Waals surface area contributed by atoms with E-state index in [2.05, 4.69) is 36.8 Å². The Hall–Kier alpha value is -2.64. The number of aromatic nitrogens is 3. The van der Waals surface area contributed by atoms with Gasteiger partial charge in [0.05, 0.1) is 5.69 Å². The highest BCUT2D eigenvalue weighted by Gasteiger charge is 2.21. The molecule has 0 radical (unpaired) electrons. The predicted octanol–water partition coefficient (Wildman–Crippen LogP) is 2.86. The van der Waals surface area contributed by atoms with E-state index < -0.39 is 0 Å².